The number of nitrogens with one attached hydrogen (secondary N) is 1. The van der Waals surface area contributed by atoms with Crippen molar-refractivity contribution in [2.45, 2.75) is 19.9 Å². The molecule has 0 spiro atoms. The summed E-state index contributed by atoms with van der Waals surface area (Å²) in [6.45, 7) is 3.95. The average Bonchev–Trinajstić information content (AvgIpc) is 2.96. The van der Waals surface area contributed by atoms with Gasteiger partial charge in [0.05, 0.1) is 21.3 Å². The van der Waals surface area contributed by atoms with E-state index in [1.165, 1.54) is 26.2 Å². The molecular weight excluding hydrogens is 348 g/mol. The molecule has 0 aromatic heterocycles. The van der Waals surface area contributed by atoms with E-state index in [0.29, 0.717) is 28.5 Å². The third kappa shape index (κ3) is 3.16. The largest absolute Gasteiger partial charge is 0.493 e. The van der Waals surface area contributed by atoms with E-state index in [0.717, 1.165) is 11.1 Å². The van der Waals surface area contributed by atoms with E-state index in [-0.39, 0.29) is 0 Å². The van der Waals surface area contributed by atoms with Crippen molar-refractivity contribution in [1.29, 1.82) is 0 Å². The Bertz CT molecular complexity index is 884. The third-order valence-corrected chi connectivity index (χ3v) is 4.73. The molecular formula is C20H22N2O5. The summed E-state index contributed by atoms with van der Waals surface area (Å²) in [5, 5.41) is 2.39. The van der Waals surface area contributed by atoms with Gasteiger partial charge in [-0.2, -0.15) is 0 Å². The zero-order chi connectivity index (χ0) is 19.7. The highest BCUT2D eigenvalue weighted by molar-refractivity contribution is 6.14. The van der Waals surface area contributed by atoms with E-state index in [2.05, 4.69) is 5.32 Å². The predicted molar refractivity (Wildman–Crippen MR) is 101 cm³/mol. The highest BCUT2D eigenvalue weighted by Crippen LogP contribution is 2.42. The minimum atomic E-state index is -0.840. The fourth-order valence-corrected chi connectivity index (χ4v) is 3.17. The quantitative estimate of drug-likeness (QED) is 0.819. The summed E-state index contributed by atoms with van der Waals surface area (Å²) in [5.74, 6) is 0.844. The van der Waals surface area contributed by atoms with E-state index in [9.17, 15) is 9.59 Å². The van der Waals surface area contributed by atoms with E-state index in [4.69, 9.17) is 14.2 Å². The maximum atomic E-state index is 12.6. The van der Waals surface area contributed by atoms with E-state index in [1.54, 1.807) is 12.1 Å². The van der Waals surface area contributed by atoms with Crippen LogP contribution in [0.1, 0.15) is 22.7 Å². The Balaban J connectivity index is 2.14. The molecule has 1 N–H and O–H groups in total. The topological polar surface area (TPSA) is 77.1 Å². The van der Waals surface area contributed by atoms with Gasteiger partial charge in [-0.3, -0.25) is 15.0 Å². The maximum Gasteiger partial charge on any atom is 0.329 e. The van der Waals surface area contributed by atoms with Crippen LogP contribution >= 0.6 is 0 Å². The number of urea groups is 1. The van der Waals surface area contributed by atoms with Crippen molar-refractivity contribution in [2.24, 2.45) is 0 Å². The van der Waals surface area contributed by atoms with Gasteiger partial charge in [-0.25, -0.2) is 4.79 Å². The Labute approximate surface area is 157 Å². The summed E-state index contributed by atoms with van der Waals surface area (Å²) in [4.78, 5) is 26.5. The SMILES string of the molecule is COc1cc(C2C(=O)NC(=O)N2c2ccc(C)c(C)c2)cc(OC)c1OC. The molecule has 2 aromatic carbocycles. The zero-order valence-electron chi connectivity index (χ0n) is 16.0. The Morgan fingerprint density at radius 3 is 2.04 bits per heavy atom. The lowest BCUT2D eigenvalue weighted by Crippen LogP contribution is -2.29. The van der Waals surface area contributed by atoms with Gasteiger partial charge in [0.2, 0.25) is 5.75 Å². The molecule has 1 heterocycles. The van der Waals surface area contributed by atoms with Crippen LogP contribution in [0.5, 0.6) is 17.2 Å². The average molecular weight is 370 g/mol. The first-order valence-corrected chi connectivity index (χ1v) is 8.42. The monoisotopic (exact) mass is 370 g/mol. The predicted octanol–water partition coefficient (Wildman–Crippen LogP) is 3.13. The second kappa shape index (κ2) is 7.19. The highest BCUT2D eigenvalue weighted by Gasteiger charge is 2.41. The molecule has 0 radical (unpaired) electrons. The van der Waals surface area contributed by atoms with Crippen LogP contribution in [0.3, 0.4) is 0 Å². The highest BCUT2D eigenvalue weighted by atomic mass is 16.5. The lowest BCUT2D eigenvalue weighted by molar-refractivity contribution is -0.119. The molecule has 0 aliphatic carbocycles. The number of nitrogens with zero attached hydrogens (tertiary/aromatic N) is 1. The molecule has 7 heteroatoms. The number of rotatable bonds is 5. The van der Waals surface area contributed by atoms with Gasteiger partial charge >= 0.3 is 6.03 Å². The third-order valence-electron chi connectivity index (χ3n) is 4.73. The van der Waals surface area contributed by atoms with Crippen molar-refractivity contribution in [3.05, 3.63) is 47.0 Å². The van der Waals surface area contributed by atoms with Crippen molar-refractivity contribution < 1.29 is 23.8 Å². The molecule has 2 aromatic rings. The second-order valence-corrected chi connectivity index (χ2v) is 6.29. The van der Waals surface area contributed by atoms with Crippen LogP contribution in [0.4, 0.5) is 10.5 Å². The number of carbonyl (C=O) groups excluding carboxylic acids is 2. The number of imide groups is 1. The molecule has 3 amide bonds. The van der Waals surface area contributed by atoms with E-state index < -0.39 is 18.0 Å². The van der Waals surface area contributed by atoms with Gasteiger partial charge < -0.3 is 14.2 Å². The first kappa shape index (κ1) is 18.6. The van der Waals surface area contributed by atoms with Crippen molar-refractivity contribution in [1.82, 2.24) is 5.32 Å². The van der Waals surface area contributed by atoms with Gasteiger partial charge in [0, 0.05) is 5.69 Å². The second-order valence-electron chi connectivity index (χ2n) is 6.29. The summed E-state index contributed by atoms with van der Waals surface area (Å²) in [7, 11) is 4.51. The molecule has 1 aliphatic rings. The Morgan fingerprint density at radius 2 is 1.52 bits per heavy atom. The summed E-state index contributed by atoms with van der Waals surface area (Å²) in [6, 6.07) is 7.68. The molecule has 27 heavy (non-hydrogen) atoms. The smallest absolute Gasteiger partial charge is 0.329 e. The summed E-state index contributed by atoms with van der Waals surface area (Å²) < 4.78 is 16.1. The molecule has 1 atom stereocenters. The van der Waals surface area contributed by atoms with Gasteiger partial charge in [-0.05, 0) is 54.8 Å². The fourth-order valence-electron chi connectivity index (χ4n) is 3.17. The Kier molecular flexibility index (Phi) is 4.94. The summed E-state index contributed by atoms with van der Waals surface area (Å²) in [5.41, 5.74) is 3.34. The van der Waals surface area contributed by atoms with E-state index >= 15 is 0 Å². The van der Waals surface area contributed by atoms with Gasteiger partial charge in [-0.1, -0.05) is 6.07 Å². The lowest BCUT2D eigenvalue weighted by atomic mass is 10.0. The number of hydrogen-bond acceptors (Lipinski definition) is 5. The summed E-state index contributed by atoms with van der Waals surface area (Å²) in [6.07, 6.45) is 0. The number of carbonyl (C=O) groups is 2. The molecule has 0 bridgehead atoms. The van der Waals surface area contributed by atoms with Crippen LogP contribution in [0.2, 0.25) is 0 Å². The molecule has 1 fully saturated rings. The number of anilines is 1. The van der Waals surface area contributed by atoms with E-state index in [1.807, 2.05) is 32.0 Å². The van der Waals surface area contributed by atoms with Gasteiger partial charge in [-0.15, -0.1) is 0 Å². The number of benzene rings is 2. The molecule has 0 saturated carbocycles. The first-order chi connectivity index (χ1) is 12.9. The number of amides is 3. The molecule has 7 nitrogen and oxygen atoms in total. The van der Waals surface area contributed by atoms with Gasteiger partial charge in [0.25, 0.3) is 5.91 Å². The lowest BCUT2D eigenvalue weighted by Gasteiger charge is -2.24. The van der Waals surface area contributed by atoms with Crippen LogP contribution in [0, 0.1) is 13.8 Å². The molecule has 1 saturated heterocycles. The minimum Gasteiger partial charge on any atom is -0.493 e. The first-order valence-electron chi connectivity index (χ1n) is 8.42. The zero-order valence-corrected chi connectivity index (χ0v) is 16.0. The van der Waals surface area contributed by atoms with Crippen LogP contribution in [0.15, 0.2) is 30.3 Å². The Hall–Kier alpha value is -3.22. The van der Waals surface area contributed by atoms with Crippen LogP contribution < -0.4 is 24.4 Å². The number of hydrogen-bond donors (Lipinski definition) is 1. The van der Waals surface area contributed by atoms with Crippen LogP contribution in [-0.4, -0.2) is 33.3 Å². The van der Waals surface area contributed by atoms with Crippen LogP contribution in [-0.2, 0) is 4.79 Å². The molecule has 142 valence electrons. The molecule has 1 unspecified atom stereocenters. The number of methoxy groups -OCH3 is 3. The van der Waals surface area contributed by atoms with Crippen molar-refractivity contribution >= 4 is 17.6 Å². The summed E-state index contributed by atoms with van der Waals surface area (Å²) >= 11 is 0. The number of aryl methyl sites for hydroxylation is 2. The van der Waals surface area contributed by atoms with Crippen LogP contribution in [0.25, 0.3) is 0 Å². The maximum absolute atomic E-state index is 12.6. The number of ether oxygens (including phenoxy) is 3. The normalized spacial score (nSPS) is 16.3. The van der Waals surface area contributed by atoms with Gasteiger partial charge in [0.1, 0.15) is 6.04 Å². The minimum absolute atomic E-state index is 0.410. The standard InChI is InChI=1S/C20H22N2O5/c1-11-6-7-14(8-12(11)2)22-17(19(23)21-20(22)24)13-9-15(25-3)18(27-5)16(10-13)26-4/h6-10,17H,1-5H3,(H,21,23,24). The molecule has 1 aliphatic heterocycles. The fraction of sp³-hybridized carbons (Fsp3) is 0.300. The Morgan fingerprint density at radius 1 is 0.889 bits per heavy atom. The van der Waals surface area contributed by atoms with Crippen molar-refractivity contribution in [3.8, 4) is 17.2 Å². The molecule has 3 rings (SSSR count). The van der Waals surface area contributed by atoms with Crippen molar-refractivity contribution in [2.75, 3.05) is 26.2 Å². The van der Waals surface area contributed by atoms with Gasteiger partial charge in [0.15, 0.2) is 11.5 Å². The van der Waals surface area contributed by atoms with Crippen molar-refractivity contribution in [3.63, 3.8) is 0 Å².